The molecule has 6 atom stereocenters. The molecule has 0 N–H and O–H groups in total. The Labute approximate surface area is 123 Å². The molecule has 0 aromatic rings. The molecule has 4 rings (SSSR count). The van der Waals surface area contributed by atoms with E-state index < -0.39 is 5.79 Å². The first-order chi connectivity index (χ1) is 9.12. The maximum Gasteiger partial charge on any atom is 0.164 e. The van der Waals surface area contributed by atoms with Crippen LogP contribution < -0.4 is 0 Å². The van der Waals surface area contributed by atoms with Gasteiger partial charge in [0.25, 0.3) is 0 Å². The second kappa shape index (κ2) is 3.46. The summed E-state index contributed by atoms with van der Waals surface area (Å²) in [6.07, 6.45) is 5.70. The van der Waals surface area contributed by atoms with E-state index in [1.54, 1.807) is 0 Å². The van der Waals surface area contributed by atoms with Crippen LogP contribution in [0.25, 0.3) is 0 Å². The molecule has 2 bridgehead atoms. The first-order valence-electron chi connectivity index (χ1n) is 8.50. The second-order valence-corrected chi connectivity index (χ2v) is 9.34. The normalized spacial score (nSPS) is 58.5. The number of fused-ring (bicyclic) bond motifs is 3. The Kier molecular flexibility index (Phi) is 2.35. The van der Waals surface area contributed by atoms with Crippen molar-refractivity contribution < 1.29 is 9.47 Å². The van der Waals surface area contributed by atoms with Gasteiger partial charge in [0.2, 0.25) is 0 Å². The minimum absolute atomic E-state index is 0.0810. The fraction of sp³-hybridized carbons (Fsp3) is 1.00. The summed E-state index contributed by atoms with van der Waals surface area (Å²) in [7, 11) is 0. The van der Waals surface area contributed by atoms with E-state index in [0.717, 1.165) is 11.8 Å². The summed E-state index contributed by atoms with van der Waals surface area (Å²) >= 11 is 0. The van der Waals surface area contributed by atoms with Gasteiger partial charge in [-0.25, -0.2) is 0 Å². The Hall–Kier alpha value is -0.0800. The van der Waals surface area contributed by atoms with E-state index in [1.165, 1.54) is 25.7 Å². The summed E-state index contributed by atoms with van der Waals surface area (Å²) in [5.41, 5.74) is 0.836. The zero-order chi connectivity index (χ0) is 14.6. The minimum atomic E-state index is -0.409. The lowest BCUT2D eigenvalue weighted by Crippen LogP contribution is -2.52. The third-order valence-corrected chi connectivity index (χ3v) is 7.73. The topological polar surface area (TPSA) is 18.5 Å². The highest BCUT2D eigenvalue weighted by atomic mass is 16.8. The standard InChI is InChI=1S/C18H30O2/c1-11-7-8-12-15(2,3)13-9-18(11,12)10-14-17(13,6)20-16(4,5)19-14/h11-14H,7-10H2,1-6H3/t11-,12+,13+,14+,17-,18-/m1/s1. The third kappa shape index (κ3) is 1.34. The summed E-state index contributed by atoms with van der Waals surface area (Å²) < 4.78 is 12.8. The molecule has 0 aromatic heterocycles. The van der Waals surface area contributed by atoms with Crippen LogP contribution in [0.4, 0.5) is 0 Å². The molecule has 0 amide bonds. The predicted molar refractivity (Wildman–Crippen MR) is 79.3 cm³/mol. The molecule has 1 saturated heterocycles. The highest BCUT2D eigenvalue weighted by Crippen LogP contribution is 2.75. The van der Waals surface area contributed by atoms with Gasteiger partial charge in [-0.15, -0.1) is 0 Å². The van der Waals surface area contributed by atoms with Gasteiger partial charge in [-0.3, -0.25) is 0 Å². The van der Waals surface area contributed by atoms with Crippen LogP contribution in [0.2, 0.25) is 0 Å². The number of rotatable bonds is 0. The smallest absolute Gasteiger partial charge is 0.164 e. The van der Waals surface area contributed by atoms with Crippen molar-refractivity contribution in [1.82, 2.24) is 0 Å². The van der Waals surface area contributed by atoms with E-state index in [0.29, 0.717) is 22.9 Å². The molecular weight excluding hydrogens is 248 g/mol. The Balaban J connectivity index is 1.82. The van der Waals surface area contributed by atoms with Crippen molar-refractivity contribution in [3.63, 3.8) is 0 Å². The van der Waals surface area contributed by atoms with E-state index in [-0.39, 0.29) is 5.60 Å². The molecule has 1 spiro atoms. The van der Waals surface area contributed by atoms with Gasteiger partial charge >= 0.3 is 0 Å². The summed E-state index contributed by atoms with van der Waals surface area (Å²) in [5.74, 6) is 1.96. The van der Waals surface area contributed by atoms with Crippen LogP contribution in [-0.2, 0) is 9.47 Å². The van der Waals surface area contributed by atoms with E-state index >= 15 is 0 Å². The van der Waals surface area contributed by atoms with Gasteiger partial charge in [0.1, 0.15) is 0 Å². The number of hydrogen-bond donors (Lipinski definition) is 0. The highest BCUT2D eigenvalue weighted by molar-refractivity contribution is 5.21. The number of ether oxygens (including phenoxy) is 2. The van der Waals surface area contributed by atoms with Crippen LogP contribution in [0.1, 0.15) is 67.2 Å². The lowest BCUT2D eigenvalue weighted by atomic mass is 9.63. The van der Waals surface area contributed by atoms with Crippen LogP contribution >= 0.6 is 0 Å². The molecule has 2 heteroatoms. The Bertz CT molecular complexity index is 454. The van der Waals surface area contributed by atoms with E-state index in [2.05, 4.69) is 41.5 Å². The summed E-state index contributed by atoms with van der Waals surface area (Å²) in [6, 6.07) is 0. The van der Waals surface area contributed by atoms with Gasteiger partial charge in [0, 0.05) is 0 Å². The predicted octanol–water partition coefficient (Wildman–Crippen LogP) is 4.38. The lowest BCUT2D eigenvalue weighted by molar-refractivity contribution is -0.177. The number of hydrogen-bond acceptors (Lipinski definition) is 2. The molecule has 4 fully saturated rings. The maximum absolute atomic E-state index is 6.48. The average molecular weight is 278 g/mol. The lowest BCUT2D eigenvalue weighted by Gasteiger charge is -2.47. The quantitative estimate of drug-likeness (QED) is 0.654. The molecule has 114 valence electrons. The molecule has 1 heterocycles. The molecule has 2 nitrogen and oxygen atoms in total. The zero-order valence-electron chi connectivity index (χ0n) is 14.0. The van der Waals surface area contributed by atoms with Crippen molar-refractivity contribution >= 4 is 0 Å². The monoisotopic (exact) mass is 278 g/mol. The van der Waals surface area contributed by atoms with Crippen molar-refractivity contribution in [2.24, 2.45) is 28.6 Å². The van der Waals surface area contributed by atoms with Crippen LogP contribution in [0.15, 0.2) is 0 Å². The fourth-order valence-electron chi connectivity index (χ4n) is 7.01. The van der Waals surface area contributed by atoms with Gasteiger partial charge in [-0.1, -0.05) is 20.8 Å². The summed E-state index contributed by atoms with van der Waals surface area (Å²) in [4.78, 5) is 0. The van der Waals surface area contributed by atoms with Gasteiger partial charge in [-0.05, 0) is 75.0 Å². The molecule has 4 aliphatic rings. The second-order valence-electron chi connectivity index (χ2n) is 9.34. The highest BCUT2D eigenvalue weighted by Gasteiger charge is 2.73. The van der Waals surface area contributed by atoms with E-state index in [4.69, 9.17) is 9.47 Å². The minimum Gasteiger partial charge on any atom is -0.344 e. The van der Waals surface area contributed by atoms with Crippen molar-refractivity contribution in [2.75, 3.05) is 0 Å². The van der Waals surface area contributed by atoms with Crippen molar-refractivity contribution in [3.8, 4) is 0 Å². The van der Waals surface area contributed by atoms with Gasteiger partial charge in [0.15, 0.2) is 5.79 Å². The van der Waals surface area contributed by atoms with Crippen molar-refractivity contribution in [1.29, 1.82) is 0 Å². The van der Waals surface area contributed by atoms with Gasteiger partial charge in [0.05, 0.1) is 11.7 Å². The van der Waals surface area contributed by atoms with Gasteiger partial charge in [-0.2, -0.15) is 0 Å². The molecule has 0 radical (unpaired) electrons. The molecule has 1 aliphatic heterocycles. The molecular formula is C18H30O2. The van der Waals surface area contributed by atoms with Crippen LogP contribution in [0, 0.1) is 28.6 Å². The molecule has 3 aliphatic carbocycles. The van der Waals surface area contributed by atoms with Crippen molar-refractivity contribution in [3.05, 3.63) is 0 Å². The SMILES string of the molecule is C[C@@H]1CC[C@H]2C(C)(C)[C@@H]3C[C@@]12C[C@@H]1OC(C)(C)O[C@@]13C. The van der Waals surface area contributed by atoms with Crippen LogP contribution in [-0.4, -0.2) is 17.5 Å². The van der Waals surface area contributed by atoms with E-state index in [9.17, 15) is 0 Å². The molecule has 0 unspecified atom stereocenters. The molecule has 0 aromatic carbocycles. The first-order valence-corrected chi connectivity index (χ1v) is 8.50. The molecule has 20 heavy (non-hydrogen) atoms. The fourth-order valence-corrected chi connectivity index (χ4v) is 7.01. The largest absolute Gasteiger partial charge is 0.344 e. The van der Waals surface area contributed by atoms with E-state index in [1.807, 2.05) is 0 Å². The zero-order valence-corrected chi connectivity index (χ0v) is 14.0. The van der Waals surface area contributed by atoms with Crippen molar-refractivity contribution in [2.45, 2.75) is 84.7 Å². The summed E-state index contributed by atoms with van der Waals surface area (Å²) in [5, 5.41) is 0. The third-order valence-electron chi connectivity index (χ3n) is 7.73. The van der Waals surface area contributed by atoms with Crippen LogP contribution in [0.3, 0.4) is 0 Å². The summed E-state index contributed by atoms with van der Waals surface area (Å²) in [6.45, 7) is 14.0. The Morgan fingerprint density at radius 3 is 2.30 bits per heavy atom. The average Bonchev–Trinajstić information content (AvgIpc) is 2.80. The van der Waals surface area contributed by atoms with Crippen LogP contribution in [0.5, 0.6) is 0 Å². The Morgan fingerprint density at radius 2 is 1.60 bits per heavy atom. The maximum atomic E-state index is 6.48. The van der Waals surface area contributed by atoms with Gasteiger partial charge < -0.3 is 9.47 Å². The Morgan fingerprint density at radius 1 is 0.900 bits per heavy atom. The molecule has 3 saturated carbocycles. The first kappa shape index (κ1) is 13.6.